The SMILES string of the molecule is COc1ccc(NC(=O)CN(c2ccc(OC)c(OC)c2)S(=O)(=O)c2ccc(C)cc2)cc1OC. The number of sulfonamides is 1. The number of methoxy groups -OCH3 is 4. The molecule has 1 N–H and O–H groups in total. The van der Waals surface area contributed by atoms with Gasteiger partial charge in [0, 0.05) is 17.8 Å². The summed E-state index contributed by atoms with van der Waals surface area (Å²) in [5.74, 6) is 1.13. The summed E-state index contributed by atoms with van der Waals surface area (Å²) in [5, 5.41) is 2.72. The Morgan fingerprint density at radius 2 is 1.31 bits per heavy atom. The number of amides is 1. The first-order valence-corrected chi connectivity index (χ1v) is 12.0. The number of nitrogens with one attached hydrogen (secondary N) is 1. The molecule has 3 aromatic rings. The van der Waals surface area contributed by atoms with E-state index in [-0.39, 0.29) is 10.6 Å². The third-order valence-electron chi connectivity index (χ3n) is 5.22. The zero-order valence-electron chi connectivity index (χ0n) is 20.2. The van der Waals surface area contributed by atoms with Gasteiger partial charge in [-0.3, -0.25) is 9.10 Å². The van der Waals surface area contributed by atoms with Crippen LogP contribution in [0.2, 0.25) is 0 Å². The average molecular weight is 501 g/mol. The van der Waals surface area contributed by atoms with Gasteiger partial charge in [-0.15, -0.1) is 0 Å². The van der Waals surface area contributed by atoms with Crippen molar-refractivity contribution in [2.75, 3.05) is 44.6 Å². The van der Waals surface area contributed by atoms with Gasteiger partial charge in [-0.1, -0.05) is 17.7 Å². The number of carbonyl (C=O) groups excluding carboxylic acids is 1. The lowest BCUT2D eigenvalue weighted by Crippen LogP contribution is -2.38. The number of carbonyl (C=O) groups is 1. The summed E-state index contributed by atoms with van der Waals surface area (Å²) >= 11 is 0. The van der Waals surface area contributed by atoms with E-state index < -0.39 is 22.5 Å². The second-order valence-corrected chi connectivity index (χ2v) is 9.34. The molecule has 0 aliphatic heterocycles. The van der Waals surface area contributed by atoms with Crippen LogP contribution in [0.3, 0.4) is 0 Å². The lowest BCUT2D eigenvalue weighted by molar-refractivity contribution is -0.114. The quantitative estimate of drug-likeness (QED) is 0.451. The van der Waals surface area contributed by atoms with E-state index in [9.17, 15) is 13.2 Å². The average Bonchev–Trinajstić information content (AvgIpc) is 2.86. The standard InChI is InChI=1S/C25H28N2O7S/c1-17-6-10-20(11-7-17)35(29,30)27(19-9-13-22(32-3)24(15-19)34-5)16-25(28)26-18-8-12-21(31-2)23(14-18)33-4/h6-15H,16H2,1-5H3,(H,26,28). The Hall–Kier alpha value is -3.92. The smallest absolute Gasteiger partial charge is 0.264 e. The van der Waals surface area contributed by atoms with Gasteiger partial charge in [0.15, 0.2) is 23.0 Å². The molecule has 35 heavy (non-hydrogen) atoms. The monoisotopic (exact) mass is 500 g/mol. The van der Waals surface area contributed by atoms with Gasteiger partial charge >= 0.3 is 0 Å². The number of nitrogens with zero attached hydrogens (tertiary/aromatic N) is 1. The van der Waals surface area contributed by atoms with E-state index in [0.717, 1.165) is 9.87 Å². The summed E-state index contributed by atoms with van der Waals surface area (Å²) in [6.45, 7) is 1.37. The Kier molecular flexibility index (Phi) is 8.08. The van der Waals surface area contributed by atoms with Crippen LogP contribution in [0.5, 0.6) is 23.0 Å². The molecule has 3 rings (SSSR count). The molecule has 0 atom stereocenters. The minimum absolute atomic E-state index is 0.0526. The van der Waals surface area contributed by atoms with Gasteiger partial charge in [-0.25, -0.2) is 8.42 Å². The number of benzene rings is 3. The van der Waals surface area contributed by atoms with Crippen LogP contribution in [0.4, 0.5) is 11.4 Å². The molecule has 3 aromatic carbocycles. The van der Waals surface area contributed by atoms with E-state index in [2.05, 4.69) is 5.32 Å². The lowest BCUT2D eigenvalue weighted by atomic mass is 10.2. The highest BCUT2D eigenvalue weighted by atomic mass is 32.2. The molecule has 0 unspecified atom stereocenters. The highest BCUT2D eigenvalue weighted by Gasteiger charge is 2.28. The zero-order chi connectivity index (χ0) is 25.6. The van der Waals surface area contributed by atoms with Gasteiger partial charge < -0.3 is 24.3 Å². The molecular formula is C25H28N2O7S. The van der Waals surface area contributed by atoms with E-state index in [0.29, 0.717) is 28.7 Å². The number of anilines is 2. The highest BCUT2D eigenvalue weighted by Crippen LogP contribution is 2.34. The highest BCUT2D eigenvalue weighted by molar-refractivity contribution is 7.92. The Morgan fingerprint density at radius 3 is 1.89 bits per heavy atom. The summed E-state index contributed by atoms with van der Waals surface area (Å²) in [4.78, 5) is 13.1. The normalized spacial score (nSPS) is 10.9. The molecule has 9 nitrogen and oxygen atoms in total. The maximum Gasteiger partial charge on any atom is 0.264 e. The Labute approximate surface area is 205 Å². The van der Waals surface area contributed by atoms with Crippen molar-refractivity contribution in [3.63, 3.8) is 0 Å². The largest absolute Gasteiger partial charge is 0.493 e. The van der Waals surface area contributed by atoms with Crippen LogP contribution in [0.1, 0.15) is 5.56 Å². The van der Waals surface area contributed by atoms with Gasteiger partial charge in [0.1, 0.15) is 6.54 Å². The first-order valence-electron chi connectivity index (χ1n) is 10.6. The molecule has 0 saturated heterocycles. The van der Waals surface area contributed by atoms with Crippen molar-refractivity contribution < 1.29 is 32.2 Å². The van der Waals surface area contributed by atoms with Crippen molar-refractivity contribution in [3.05, 3.63) is 66.2 Å². The third kappa shape index (κ3) is 5.78. The third-order valence-corrected chi connectivity index (χ3v) is 7.01. The molecule has 186 valence electrons. The minimum atomic E-state index is -4.09. The van der Waals surface area contributed by atoms with Crippen LogP contribution >= 0.6 is 0 Å². The molecule has 0 heterocycles. The Morgan fingerprint density at radius 1 is 0.771 bits per heavy atom. The molecule has 0 saturated carbocycles. The summed E-state index contributed by atoms with van der Waals surface area (Å²) in [6.07, 6.45) is 0. The van der Waals surface area contributed by atoms with E-state index in [1.54, 1.807) is 42.5 Å². The van der Waals surface area contributed by atoms with Crippen molar-refractivity contribution in [1.82, 2.24) is 0 Å². The molecule has 0 bridgehead atoms. The second kappa shape index (κ2) is 11.0. The van der Waals surface area contributed by atoms with Crippen LogP contribution in [0.25, 0.3) is 0 Å². The maximum atomic E-state index is 13.6. The number of hydrogen-bond acceptors (Lipinski definition) is 7. The Balaban J connectivity index is 1.98. The van der Waals surface area contributed by atoms with Crippen molar-refractivity contribution >= 4 is 27.3 Å². The van der Waals surface area contributed by atoms with Crippen LogP contribution in [0.15, 0.2) is 65.6 Å². The minimum Gasteiger partial charge on any atom is -0.493 e. The summed E-state index contributed by atoms with van der Waals surface area (Å²) < 4.78 is 49.3. The molecule has 0 spiro atoms. The fourth-order valence-electron chi connectivity index (χ4n) is 3.38. The van der Waals surface area contributed by atoms with E-state index in [1.165, 1.54) is 46.6 Å². The Bertz CT molecular complexity index is 1290. The van der Waals surface area contributed by atoms with Gasteiger partial charge in [-0.05, 0) is 43.3 Å². The van der Waals surface area contributed by atoms with Crippen molar-refractivity contribution in [2.45, 2.75) is 11.8 Å². The van der Waals surface area contributed by atoms with Crippen LogP contribution in [-0.4, -0.2) is 49.3 Å². The van der Waals surface area contributed by atoms with Gasteiger partial charge in [-0.2, -0.15) is 0 Å². The van der Waals surface area contributed by atoms with Gasteiger partial charge in [0.2, 0.25) is 5.91 Å². The summed E-state index contributed by atoms with van der Waals surface area (Å²) in [6, 6.07) is 15.9. The second-order valence-electron chi connectivity index (χ2n) is 7.48. The van der Waals surface area contributed by atoms with Crippen LogP contribution in [0, 0.1) is 6.92 Å². The zero-order valence-corrected chi connectivity index (χ0v) is 21.0. The first kappa shape index (κ1) is 25.7. The number of aryl methyl sites for hydroxylation is 1. The van der Waals surface area contributed by atoms with Crippen LogP contribution in [-0.2, 0) is 14.8 Å². The first-order chi connectivity index (χ1) is 16.7. The molecule has 1 amide bonds. The number of hydrogen-bond donors (Lipinski definition) is 1. The fourth-order valence-corrected chi connectivity index (χ4v) is 4.79. The van der Waals surface area contributed by atoms with E-state index >= 15 is 0 Å². The van der Waals surface area contributed by atoms with Crippen molar-refractivity contribution in [1.29, 1.82) is 0 Å². The van der Waals surface area contributed by atoms with Crippen LogP contribution < -0.4 is 28.6 Å². The number of rotatable bonds is 10. The van der Waals surface area contributed by atoms with Gasteiger partial charge in [0.05, 0.1) is 39.0 Å². The van der Waals surface area contributed by atoms with E-state index in [1.807, 2.05) is 6.92 Å². The molecule has 0 aromatic heterocycles. The molecule has 0 aliphatic carbocycles. The molecule has 0 fully saturated rings. The molecule has 0 aliphatic rings. The lowest BCUT2D eigenvalue weighted by Gasteiger charge is -2.25. The summed E-state index contributed by atoms with van der Waals surface area (Å²) in [7, 11) is 1.82. The van der Waals surface area contributed by atoms with E-state index in [4.69, 9.17) is 18.9 Å². The summed E-state index contributed by atoms with van der Waals surface area (Å²) in [5.41, 5.74) is 1.58. The van der Waals surface area contributed by atoms with Crippen molar-refractivity contribution in [3.8, 4) is 23.0 Å². The molecule has 0 radical (unpaired) electrons. The van der Waals surface area contributed by atoms with Gasteiger partial charge in [0.25, 0.3) is 10.0 Å². The predicted molar refractivity (Wildman–Crippen MR) is 133 cm³/mol. The maximum absolute atomic E-state index is 13.6. The predicted octanol–water partition coefficient (Wildman–Crippen LogP) is 3.86. The topological polar surface area (TPSA) is 103 Å². The van der Waals surface area contributed by atoms with Crippen molar-refractivity contribution in [2.24, 2.45) is 0 Å². The number of ether oxygens (including phenoxy) is 4. The molecular weight excluding hydrogens is 472 g/mol. The molecule has 10 heteroatoms. The fraction of sp³-hybridized carbons (Fsp3) is 0.240.